The van der Waals surface area contributed by atoms with Gasteiger partial charge < -0.3 is 20.6 Å². The zero-order chi connectivity index (χ0) is 16.3. The molecule has 1 amide bonds. The molecule has 0 saturated heterocycles. The van der Waals surface area contributed by atoms with Crippen molar-refractivity contribution >= 4 is 5.91 Å². The summed E-state index contributed by atoms with van der Waals surface area (Å²) in [5.74, 6) is 0.143. The van der Waals surface area contributed by atoms with Crippen molar-refractivity contribution in [2.45, 2.75) is 71.1 Å². The van der Waals surface area contributed by atoms with Gasteiger partial charge in [0, 0.05) is 0 Å². The molecule has 21 heavy (non-hydrogen) atoms. The van der Waals surface area contributed by atoms with E-state index in [1.807, 2.05) is 6.08 Å². The SMILES string of the molecule is CCC(C)CCC/C=C/[C@@H](O)[C@H](CO)NC(=O)C(O)CC. The number of unbranched alkanes of at least 4 members (excludes halogenated alkanes) is 1. The Balaban J connectivity index is 4.14. The van der Waals surface area contributed by atoms with E-state index in [0.29, 0.717) is 12.3 Å². The third-order valence-electron chi connectivity index (χ3n) is 3.72. The van der Waals surface area contributed by atoms with E-state index in [4.69, 9.17) is 0 Å². The molecular weight excluding hydrogens is 270 g/mol. The van der Waals surface area contributed by atoms with Gasteiger partial charge in [-0.25, -0.2) is 0 Å². The highest BCUT2D eigenvalue weighted by Gasteiger charge is 2.21. The Bertz CT molecular complexity index is 307. The minimum Gasteiger partial charge on any atom is -0.394 e. The van der Waals surface area contributed by atoms with Crippen LogP contribution in [0.15, 0.2) is 12.2 Å². The van der Waals surface area contributed by atoms with Crippen LogP contribution in [-0.2, 0) is 4.79 Å². The number of nitrogens with one attached hydrogen (secondary N) is 1. The van der Waals surface area contributed by atoms with Gasteiger partial charge in [0.15, 0.2) is 0 Å². The van der Waals surface area contributed by atoms with E-state index in [1.54, 1.807) is 13.0 Å². The van der Waals surface area contributed by atoms with Crippen LogP contribution in [0.25, 0.3) is 0 Å². The molecule has 4 N–H and O–H groups in total. The van der Waals surface area contributed by atoms with Gasteiger partial charge in [0.1, 0.15) is 6.10 Å². The van der Waals surface area contributed by atoms with Crippen molar-refractivity contribution in [1.82, 2.24) is 5.32 Å². The summed E-state index contributed by atoms with van der Waals surface area (Å²) in [5.41, 5.74) is 0. The summed E-state index contributed by atoms with van der Waals surface area (Å²) in [4.78, 5) is 11.5. The van der Waals surface area contributed by atoms with Gasteiger partial charge in [-0.1, -0.05) is 45.8 Å². The monoisotopic (exact) mass is 301 g/mol. The Morgan fingerprint density at radius 1 is 1.24 bits per heavy atom. The van der Waals surface area contributed by atoms with Crippen molar-refractivity contribution < 1.29 is 20.1 Å². The molecule has 2 unspecified atom stereocenters. The Hall–Kier alpha value is -0.910. The second kappa shape index (κ2) is 11.7. The molecule has 0 bridgehead atoms. The van der Waals surface area contributed by atoms with Gasteiger partial charge in [-0.05, 0) is 25.2 Å². The van der Waals surface area contributed by atoms with Gasteiger partial charge >= 0.3 is 0 Å². The summed E-state index contributed by atoms with van der Waals surface area (Å²) < 4.78 is 0. The normalized spacial score (nSPS) is 17.4. The fourth-order valence-corrected chi connectivity index (χ4v) is 1.86. The van der Waals surface area contributed by atoms with E-state index in [-0.39, 0.29) is 6.61 Å². The lowest BCUT2D eigenvalue weighted by Crippen LogP contribution is -2.48. The Morgan fingerprint density at radius 3 is 2.43 bits per heavy atom. The lowest BCUT2D eigenvalue weighted by atomic mass is 10.0. The zero-order valence-electron chi connectivity index (χ0n) is 13.5. The Morgan fingerprint density at radius 2 is 1.90 bits per heavy atom. The summed E-state index contributed by atoms with van der Waals surface area (Å²) in [6, 6.07) is -0.787. The predicted octanol–water partition coefficient (Wildman–Crippen LogP) is 1.37. The number of aliphatic hydroxyl groups is 3. The topological polar surface area (TPSA) is 89.8 Å². The van der Waals surface area contributed by atoms with Gasteiger partial charge in [-0.2, -0.15) is 0 Å². The zero-order valence-corrected chi connectivity index (χ0v) is 13.5. The van der Waals surface area contributed by atoms with E-state index >= 15 is 0 Å². The van der Waals surface area contributed by atoms with Gasteiger partial charge in [0.2, 0.25) is 5.91 Å². The highest BCUT2D eigenvalue weighted by molar-refractivity contribution is 5.80. The van der Waals surface area contributed by atoms with Gasteiger partial charge in [-0.3, -0.25) is 4.79 Å². The van der Waals surface area contributed by atoms with Crippen LogP contribution in [0.5, 0.6) is 0 Å². The van der Waals surface area contributed by atoms with Crippen LogP contribution in [0.1, 0.15) is 52.9 Å². The van der Waals surface area contributed by atoms with Crippen molar-refractivity contribution in [1.29, 1.82) is 0 Å². The van der Waals surface area contributed by atoms with Gasteiger partial charge in [0.25, 0.3) is 0 Å². The van der Waals surface area contributed by atoms with Crippen molar-refractivity contribution in [2.24, 2.45) is 5.92 Å². The maximum atomic E-state index is 11.5. The van der Waals surface area contributed by atoms with Crippen molar-refractivity contribution in [2.75, 3.05) is 6.61 Å². The average molecular weight is 301 g/mol. The second-order valence-electron chi connectivity index (χ2n) is 5.58. The van der Waals surface area contributed by atoms with E-state index in [0.717, 1.165) is 19.3 Å². The van der Waals surface area contributed by atoms with Crippen molar-refractivity contribution in [3.8, 4) is 0 Å². The number of hydrogen-bond donors (Lipinski definition) is 4. The van der Waals surface area contributed by atoms with Crippen LogP contribution >= 0.6 is 0 Å². The number of carbonyl (C=O) groups is 1. The standard InChI is InChI=1S/C16H31NO4/c1-4-12(3)9-7-6-8-10-15(20)13(11-18)17-16(21)14(19)5-2/h8,10,12-15,18-20H,4-7,9,11H2,1-3H3,(H,17,21)/b10-8+/t12?,13-,14?,15+/m0/s1. The first-order chi connectivity index (χ1) is 9.96. The molecule has 0 radical (unpaired) electrons. The first-order valence-corrected chi connectivity index (χ1v) is 7.90. The maximum absolute atomic E-state index is 11.5. The fourth-order valence-electron chi connectivity index (χ4n) is 1.86. The minimum atomic E-state index is -1.11. The highest BCUT2D eigenvalue weighted by Crippen LogP contribution is 2.11. The molecule has 0 aromatic heterocycles. The van der Waals surface area contributed by atoms with Gasteiger partial charge in [0.05, 0.1) is 18.8 Å². The van der Waals surface area contributed by atoms with E-state index < -0.39 is 24.2 Å². The number of carbonyl (C=O) groups excluding carboxylic acids is 1. The predicted molar refractivity (Wildman–Crippen MR) is 83.8 cm³/mol. The quantitative estimate of drug-likeness (QED) is 0.343. The molecule has 0 aliphatic carbocycles. The lowest BCUT2D eigenvalue weighted by Gasteiger charge is -2.21. The third-order valence-corrected chi connectivity index (χ3v) is 3.72. The molecule has 0 aromatic carbocycles. The molecular formula is C16H31NO4. The highest BCUT2D eigenvalue weighted by atomic mass is 16.3. The maximum Gasteiger partial charge on any atom is 0.249 e. The number of hydrogen-bond acceptors (Lipinski definition) is 4. The van der Waals surface area contributed by atoms with Crippen LogP contribution < -0.4 is 5.32 Å². The Labute approximate surface area is 128 Å². The molecule has 4 atom stereocenters. The molecule has 5 nitrogen and oxygen atoms in total. The van der Waals surface area contributed by atoms with Crippen LogP contribution in [0.4, 0.5) is 0 Å². The average Bonchev–Trinajstić information content (AvgIpc) is 2.50. The number of aliphatic hydroxyl groups excluding tert-OH is 3. The molecule has 0 heterocycles. The van der Waals surface area contributed by atoms with E-state index in [1.165, 1.54) is 6.42 Å². The summed E-state index contributed by atoms with van der Waals surface area (Å²) in [6.45, 7) is 5.70. The molecule has 124 valence electrons. The number of rotatable bonds is 11. The molecule has 0 fully saturated rings. The summed E-state index contributed by atoms with van der Waals surface area (Å²) >= 11 is 0. The van der Waals surface area contributed by atoms with Crippen molar-refractivity contribution in [3.63, 3.8) is 0 Å². The lowest BCUT2D eigenvalue weighted by molar-refractivity contribution is -0.131. The van der Waals surface area contributed by atoms with Crippen LogP contribution in [0.3, 0.4) is 0 Å². The fraction of sp³-hybridized carbons (Fsp3) is 0.812. The summed E-state index contributed by atoms with van der Waals surface area (Å²) in [6.07, 6.45) is 5.95. The van der Waals surface area contributed by atoms with Crippen LogP contribution in [0.2, 0.25) is 0 Å². The largest absolute Gasteiger partial charge is 0.394 e. The van der Waals surface area contributed by atoms with Crippen LogP contribution in [0, 0.1) is 5.92 Å². The summed E-state index contributed by atoms with van der Waals surface area (Å²) in [7, 11) is 0. The molecule has 0 aliphatic heterocycles. The molecule has 0 spiro atoms. The molecule has 0 aromatic rings. The van der Waals surface area contributed by atoms with Crippen LogP contribution in [-0.4, -0.2) is 46.1 Å². The minimum absolute atomic E-state index is 0.297. The second-order valence-corrected chi connectivity index (χ2v) is 5.58. The first kappa shape index (κ1) is 20.1. The third kappa shape index (κ3) is 8.86. The molecule has 0 saturated carbocycles. The van der Waals surface area contributed by atoms with Crippen molar-refractivity contribution in [3.05, 3.63) is 12.2 Å². The smallest absolute Gasteiger partial charge is 0.249 e. The number of amides is 1. The molecule has 5 heteroatoms. The van der Waals surface area contributed by atoms with Gasteiger partial charge in [-0.15, -0.1) is 0 Å². The Kier molecular flexibility index (Phi) is 11.2. The molecule has 0 rings (SSSR count). The van der Waals surface area contributed by atoms with E-state index in [9.17, 15) is 20.1 Å². The first-order valence-electron chi connectivity index (χ1n) is 7.90. The number of allylic oxidation sites excluding steroid dienone is 1. The molecule has 0 aliphatic rings. The summed E-state index contributed by atoms with van der Waals surface area (Å²) in [5, 5.41) is 31.0. The van der Waals surface area contributed by atoms with E-state index in [2.05, 4.69) is 19.2 Å².